The molecule has 0 heterocycles. The maximum Gasteiger partial charge on any atom is 0.157 e. The molecule has 0 aromatic heterocycles. The molecule has 0 aromatic carbocycles. The van der Waals surface area contributed by atoms with Crippen molar-refractivity contribution < 1.29 is 9.84 Å². The Morgan fingerprint density at radius 1 is 1.25 bits per heavy atom. The second-order valence-electron chi connectivity index (χ2n) is 5.75. The van der Waals surface area contributed by atoms with Gasteiger partial charge in [0.05, 0.1) is 5.60 Å². The van der Waals surface area contributed by atoms with E-state index in [1.807, 2.05) is 13.8 Å². The van der Waals surface area contributed by atoms with Crippen molar-refractivity contribution in [3.05, 3.63) is 0 Å². The van der Waals surface area contributed by atoms with Crippen molar-refractivity contribution in [3.63, 3.8) is 0 Å². The summed E-state index contributed by atoms with van der Waals surface area (Å²) in [4.78, 5) is 0. The number of ether oxygens (including phenoxy) is 1. The van der Waals surface area contributed by atoms with Gasteiger partial charge >= 0.3 is 0 Å². The summed E-state index contributed by atoms with van der Waals surface area (Å²) in [5.74, 6) is 0.800. The zero-order valence-electron chi connectivity index (χ0n) is 11.3. The Kier molecular flexibility index (Phi) is 5.26. The molecule has 0 bridgehead atoms. The first kappa shape index (κ1) is 14.0. The van der Waals surface area contributed by atoms with Crippen LogP contribution in [-0.4, -0.2) is 17.0 Å². The predicted molar refractivity (Wildman–Crippen MR) is 67.2 cm³/mol. The molecule has 1 fully saturated rings. The molecular formula is C14H28O2. The fourth-order valence-corrected chi connectivity index (χ4v) is 2.59. The minimum absolute atomic E-state index is 0.135. The minimum Gasteiger partial charge on any atom is -0.368 e. The summed E-state index contributed by atoms with van der Waals surface area (Å²) in [7, 11) is 0. The van der Waals surface area contributed by atoms with Crippen LogP contribution in [0.15, 0.2) is 0 Å². The Hall–Kier alpha value is -0.0800. The predicted octanol–water partition coefficient (Wildman–Crippen LogP) is 3.73. The lowest BCUT2D eigenvalue weighted by Gasteiger charge is -2.41. The first-order valence-corrected chi connectivity index (χ1v) is 6.85. The van der Waals surface area contributed by atoms with Crippen LogP contribution in [0.4, 0.5) is 0 Å². The van der Waals surface area contributed by atoms with Gasteiger partial charge in [0, 0.05) is 5.92 Å². The summed E-state index contributed by atoms with van der Waals surface area (Å²) in [6, 6.07) is 0. The van der Waals surface area contributed by atoms with Crippen molar-refractivity contribution in [2.75, 3.05) is 0 Å². The number of aliphatic hydroxyl groups excluding tert-OH is 1. The van der Waals surface area contributed by atoms with Crippen LogP contribution < -0.4 is 0 Å². The third-order valence-electron chi connectivity index (χ3n) is 4.13. The highest BCUT2D eigenvalue weighted by Crippen LogP contribution is 2.38. The van der Waals surface area contributed by atoms with Crippen LogP contribution >= 0.6 is 0 Å². The highest BCUT2D eigenvalue weighted by atomic mass is 16.6. The molecule has 1 N–H and O–H groups in total. The summed E-state index contributed by atoms with van der Waals surface area (Å²) >= 11 is 0. The molecule has 1 aliphatic carbocycles. The van der Waals surface area contributed by atoms with Gasteiger partial charge in [-0.1, -0.05) is 40.0 Å². The van der Waals surface area contributed by atoms with E-state index in [0.29, 0.717) is 5.92 Å². The topological polar surface area (TPSA) is 29.5 Å². The van der Waals surface area contributed by atoms with Gasteiger partial charge in [-0.05, 0) is 32.1 Å². The van der Waals surface area contributed by atoms with Crippen molar-refractivity contribution in [2.45, 2.75) is 78.1 Å². The van der Waals surface area contributed by atoms with E-state index in [9.17, 15) is 5.11 Å². The molecule has 1 saturated carbocycles. The molecule has 0 spiro atoms. The van der Waals surface area contributed by atoms with E-state index in [2.05, 4.69) is 13.8 Å². The van der Waals surface area contributed by atoms with E-state index in [4.69, 9.17) is 4.74 Å². The lowest BCUT2D eigenvalue weighted by atomic mass is 9.76. The van der Waals surface area contributed by atoms with Crippen LogP contribution in [0.25, 0.3) is 0 Å². The number of hydrogen-bond donors (Lipinski definition) is 1. The summed E-state index contributed by atoms with van der Waals surface area (Å²) in [6.45, 7) is 8.35. The molecule has 0 radical (unpaired) electrons. The molecule has 96 valence electrons. The minimum atomic E-state index is -0.619. The van der Waals surface area contributed by atoms with Crippen LogP contribution in [0.5, 0.6) is 0 Å². The summed E-state index contributed by atoms with van der Waals surface area (Å²) < 4.78 is 5.94. The molecule has 0 saturated heterocycles. The van der Waals surface area contributed by atoms with Gasteiger partial charge in [-0.3, -0.25) is 0 Å². The summed E-state index contributed by atoms with van der Waals surface area (Å²) in [6.07, 6.45) is 6.89. The quantitative estimate of drug-likeness (QED) is 0.727. The zero-order chi connectivity index (χ0) is 12.2. The van der Waals surface area contributed by atoms with Gasteiger partial charge < -0.3 is 9.84 Å². The normalized spacial score (nSPS) is 24.4. The van der Waals surface area contributed by atoms with Gasteiger partial charge in [0.1, 0.15) is 0 Å². The van der Waals surface area contributed by atoms with Gasteiger partial charge in [0.15, 0.2) is 6.29 Å². The Bertz CT molecular complexity index is 197. The first-order valence-electron chi connectivity index (χ1n) is 6.85. The number of aliphatic hydroxyl groups is 1. The smallest absolute Gasteiger partial charge is 0.157 e. The lowest BCUT2D eigenvalue weighted by molar-refractivity contribution is -0.220. The molecule has 1 aliphatic rings. The van der Waals surface area contributed by atoms with Crippen LogP contribution in [0, 0.1) is 11.8 Å². The van der Waals surface area contributed by atoms with Crippen molar-refractivity contribution in [1.29, 1.82) is 0 Å². The molecule has 2 nitrogen and oxygen atoms in total. The van der Waals surface area contributed by atoms with Gasteiger partial charge in [0.25, 0.3) is 0 Å². The van der Waals surface area contributed by atoms with Crippen molar-refractivity contribution in [2.24, 2.45) is 11.8 Å². The molecule has 2 heteroatoms. The highest BCUT2D eigenvalue weighted by Gasteiger charge is 2.36. The number of rotatable bonds is 5. The monoisotopic (exact) mass is 228 g/mol. The third kappa shape index (κ3) is 3.46. The molecule has 0 aromatic rings. The van der Waals surface area contributed by atoms with Gasteiger partial charge in [0.2, 0.25) is 0 Å². The highest BCUT2D eigenvalue weighted by molar-refractivity contribution is 4.85. The largest absolute Gasteiger partial charge is 0.368 e. The van der Waals surface area contributed by atoms with E-state index in [1.54, 1.807) is 0 Å². The fourth-order valence-electron chi connectivity index (χ4n) is 2.59. The second kappa shape index (κ2) is 6.02. The summed E-state index contributed by atoms with van der Waals surface area (Å²) in [5.41, 5.74) is -0.135. The molecule has 2 atom stereocenters. The average molecular weight is 228 g/mol. The molecule has 1 rings (SSSR count). The van der Waals surface area contributed by atoms with Crippen LogP contribution in [0.2, 0.25) is 0 Å². The van der Waals surface area contributed by atoms with Crippen molar-refractivity contribution in [3.8, 4) is 0 Å². The van der Waals surface area contributed by atoms with Crippen molar-refractivity contribution in [1.82, 2.24) is 0 Å². The van der Waals surface area contributed by atoms with E-state index in [0.717, 1.165) is 6.42 Å². The SMILES string of the molecule is CCC(C)(O[C@H](O)C(C)C)C1CCCCC1. The van der Waals surface area contributed by atoms with Gasteiger partial charge in [-0.25, -0.2) is 0 Å². The fraction of sp³-hybridized carbons (Fsp3) is 1.00. The Balaban J connectivity index is 2.60. The number of hydrogen-bond acceptors (Lipinski definition) is 2. The maximum atomic E-state index is 9.90. The van der Waals surface area contributed by atoms with E-state index in [1.165, 1.54) is 32.1 Å². The lowest BCUT2D eigenvalue weighted by Crippen LogP contribution is -2.42. The summed E-state index contributed by atoms with van der Waals surface area (Å²) in [5, 5.41) is 9.90. The molecule has 16 heavy (non-hydrogen) atoms. The third-order valence-corrected chi connectivity index (χ3v) is 4.13. The van der Waals surface area contributed by atoms with Crippen molar-refractivity contribution >= 4 is 0 Å². The zero-order valence-corrected chi connectivity index (χ0v) is 11.3. The Morgan fingerprint density at radius 2 is 1.81 bits per heavy atom. The van der Waals surface area contributed by atoms with Gasteiger partial charge in [-0.15, -0.1) is 0 Å². The molecule has 0 amide bonds. The van der Waals surface area contributed by atoms with Gasteiger partial charge in [-0.2, -0.15) is 0 Å². The maximum absolute atomic E-state index is 9.90. The van der Waals surface area contributed by atoms with Crippen LogP contribution in [-0.2, 0) is 4.74 Å². The van der Waals surface area contributed by atoms with E-state index >= 15 is 0 Å². The van der Waals surface area contributed by atoms with Crippen LogP contribution in [0.1, 0.15) is 66.2 Å². The molecule has 1 unspecified atom stereocenters. The second-order valence-corrected chi connectivity index (χ2v) is 5.75. The molecule has 0 aliphatic heterocycles. The average Bonchev–Trinajstić information content (AvgIpc) is 2.29. The first-order chi connectivity index (χ1) is 7.49. The standard InChI is InChI=1S/C14H28O2/c1-5-14(4,16-13(15)11(2)3)12-9-7-6-8-10-12/h11-13,15H,5-10H2,1-4H3/t13-,14?/m0/s1. The van der Waals surface area contributed by atoms with E-state index < -0.39 is 6.29 Å². The van der Waals surface area contributed by atoms with E-state index in [-0.39, 0.29) is 11.5 Å². The van der Waals surface area contributed by atoms with Crippen LogP contribution in [0.3, 0.4) is 0 Å². The Labute approximate surface area is 100 Å². The molecular weight excluding hydrogens is 200 g/mol. The Morgan fingerprint density at radius 3 is 2.25 bits per heavy atom.